The summed E-state index contributed by atoms with van der Waals surface area (Å²) in [5.74, 6) is 2.97. The first-order valence-corrected chi connectivity index (χ1v) is 17.8. The Balaban J connectivity index is 0.000000314. The molecule has 0 unspecified atom stereocenters. The van der Waals surface area contributed by atoms with Crippen LogP contribution in [0.1, 0.15) is 96.3 Å². The van der Waals surface area contributed by atoms with Crippen molar-refractivity contribution in [2.24, 2.45) is 22.5 Å². The lowest BCUT2D eigenvalue weighted by Crippen LogP contribution is -2.48. The molecule has 0 amide bonds. The maximum absolute atomic E-state index is 11.0. The number of benzene rings is 2. The average Bonchev–Trinajstić information content (AvgIpc) is 3.36. The van der Waals surface area contributed by atoms with Gasteiger partial charge in [-0.15, -0.1) is 0 Å². The van der Waals surface area contributed by atoms with Gasteiger partial charge in [0, 0.05) is 5.56 Å². The number of carboxylic acids is 2. The molecule has 10 N–H and O–H groups in total. The Morgan fingerprint density at radius 1 is 0.673 bits per heavy atom. The lowest BCUT2D eigenvalue weighted by Gasteiger charge is -2.36. The zero-order chi connectivity index (χ0) is 42.1. The van der Waals surface area contributed by atoms with Crippen LogP contribution in [-0.2, 0) is 32.1 Å². The second-order valence-corrected chi connectivity index (χ2v) is 15.9. The quantitative estimate of drug-likeness (QED) is 0.0643. The van der Waals surface area contributed by atoms with Crippen LogP contribution in [0.3, 0.4) is 0 Å². The number of hydrogen-bond acceptors (Lipinski definition) is 13. The van der Waals surface area contributed by atoms with Crippen LogP contribution in [0.2, 0.25) is 0 Å². The van der Waals surface area contributed by atoms with E-state index in [1.54, 1.807) is 24.3 Å². The van der Waals surface area contributed by atoms with E-state index in [9.17, 15) is 24.8 Å². The smallest absolute Gasteiger partial charge is 0.320 e. The molecule has 2 aliphatic heterocycles. The third-order valence-electron chi connectivity index (χ3n) is 9.72. The van der Waals surface area contributed by atoms with Gasteiger partial charge in [-0.1, -0.05) is 65.8 Å². The van der Waals surface area contributed by atoms with Crippen LogP contribution in [-0.4, -0.2) is 102 Å². The molecule has 0 saturated carbocycles. The molecule has 0 aliphatic carbocycles. The Kier molecular flexibility index (Phi) is 16.2. The number of hydroxylamine groups is 4. The van der Waals surface area contributed by atoms with Gasteiger partial charge in [0.1, 0.15) is 18.7 Å². The highest BCUT2D eigenvalue weighted by Crippen LogP contribution is 2.39. The van der Waals surface area contributed by atoms with E-state index in [1.165, 1.54) is 17.1 Å². The van der Waals surface area contributed by atoms with Gasteiger partial charge >= 0.3 is 11.9 Å². The van der Waals surface area contributed by atoms with E-state index in [0.717, 1.165) is 27.8 Å². The number of rotatable bonds is 13. The minimum Gasteiger partial charge on any atom is -0.480 e. The maximum atomic E-state index is 11.0. The van der Waals surface area contributed by atoms with E-state index >= 15 is 0 Å². The molecule has 0 saturated heterocycles. The third-order valence-corrected chi connectivity index (χ3v) is 9.72. The van der Waals surface area contributed by atoms with E-state index in [0.29, 0.717) is 17.9 Å². The Morgan fingerprint density at radius 3 is 1.35 bits per heavy atom. The summed E-state index contributed by atoms with van der Waals surface area (Å²) < 4.78 is 0. The van der Waals surface area contributed by atoms with E-state index < -0.39 is 40.6 Å². The standard InChI is InChI=1S/C20H29N3O4.C11H13NO3.C9H18N2O2/c1-13(15-8-6-14(7-9-15)10-17(21)18(24)25)22-27-12-16-11-19(2,3)23(26)20(16,4)5;1-7(13)9-4-2-8(3-5-9)6-10(12)11(14)15;1-8(2)5-7(6-13-10)9(3,4)11(8)12/h6-9,11,17,26H,10,12,21H2,1-5H3,(H,24,25);2-5,10H,6,12H2,1H3,(H,14,15);5,12H,6,10H2,1-4H3/b22-13+;;/t17-;10-;/m00./s1. The van der Waals surface area contributed by atoms with Crippen molar-refractivity contribution in [2.45, 2.75) is 116 Å². The van der Waals surface area contributed by atoms with E-state index in [4.69, 9.17) is 32.4 Å². The average molecular weight is 769 g/mol. The highest BCUT2D eigenvalue weighted by atomic mass is 16.6. The van der Waals surface area contributed by atoms with Gasteiger partial charge in [0.15, 0.2) is 5.78 Å². The van der Waals surface area contributed by atoms with Crippen molar-refractivity contribution >= 4 is 23.4 Å². The highest BCUT2D eigenvalue weighted by Gasteiger charge is 2.46. The SMILES string of the molecule is C/C(=N\OCC1=CC(C)(C)N(O)C1(C)C)c1ccc(C[C@H](N)C(=O)O)cc1.CC(=O)c1ccc(C[C@H](N)C(=O)O)cc1.CC1(C)C=C(CON)C(C)(C)N1O. The molecule has 0 bridgehead atoms. The van der Waals surface area contributed by atoms with Crippen molar-refractivity contribution in [3.63, 3.8) is 0 Å². The van der Waals surface area contributed by atoms with Crippen LogP contribution in [0.5, 0.6) is 0 Å². The summed E-state index contributed by atoms with van der Waals surface area (Å²) in [6.45, 7) is 19.5. The van der Waals surface area contributed by atoms with Gasteiger partial charge in [-0.05, 0) is 110 Å². The van der Waals surface area contributed by atoms with Gasteiger partial charge in [-0.3, -0.25) is 14.4 Å². The number of ketones is 1. The molecular formula is C40H60N6O9. The number of Topliss-reactive ketones (excluding diaryl/α,β-unsaturated/α-hetero) is 1. The van der Waals surface area contributed by atoms with Gasteiger partial charge in [0.2, 0.25) is 0 Å². The number of carboxylic acid groups (broad SMARTS) is 2. The summed E-state index contributed by atoms with van der Waals surface area (Å²) in [5.41, 5.74) is 15.1. The van der Waals surface area contributed by atoms with Gasteiger partial charge in [0.05, 0.1) is 34.5 Å². The fraction of sp³-hybridized carbons (Fsp3) is 0.500. The van der Waals surface area contributed by atoms with Gasteiger partial charge < -0.3 is 41.8 Å². The molecule has 0 radical (unpaired) electrons. The zero-order valence-corrected chi connectivity index (χ0v) is 33.7. The van der Waals surface area contributed by atoms with Crippen LogP contribution in [0, 0.1) is 0 Å². The van der Waals surface area contributed by atoms with Crippen molar-refractivity contribution in [3.8, 4) is 0 Å². The monoisotopic (exact) mass is 768 g/mol. The molecular weight excluding hydrogens is 708 g/mol. The van der Waals surface area contributed by atoms with Crippen LogP contribution in [0.25, 0.3) is 0 Å². The van der Waals surface area contributed by atoms with Gasteiger partial charge in [-0.25, -0.2) is 5.90 Å². The van der Waals surface area contributed by atoms with Crippen LogP contribution < -0.4 is 17.4 Å². The normalized spacial score (nSPS) is 19.4. The molecule has 15 heteroatoms. The lowest BCUT2D eigenvalue weighted by molar-refractivity contribution is -0.186. The van der Waals surface area contributed by atoms with Crippen molar-refractivity contribution < 1.29 is 44.7 Å². The molecule has 2 aromatic rings. The largest absolute Gasteiger partial charge is 0.480 e. The Hall–Kier alpha value is -4.32. The Bertz CT molecular complexity index is 1730. The maximum Gasteiger partial charge on any atom is 0.320 e. The number of nitrogens with two attached hydrogens (primary N) is 3. The minimum absolute atomic E-state index is 0.0101. The molecule has 2 aromatic carbocycles. The topological polar surface area (TPSA) is 247 Å². The molecule has 0 aromatic heterocycles. The van der Waals surface area contributed by atoms with Crippen LogP contribution >= 0.6 is 0 Å². The van der Waals surface area contributed by atoms with Crippen LogP contribution in [0.15, 0.2) is 77.0 Å². The number of nitrogens with zero attached hydrogens (tertiary/aromatic N) is 3. The highest BCUT2D eigenvalue weighted by molar-refractivity contribution is 5.98. The summed E-state index contributed by atoms with van der Waals surface area (Å²) in [5, 5.41) is 44.5. The van der Waals surface area contributed by atoms with Crippen molar-refractivity contribution in [2.75, 3.05) is 13.2 Å². The van der Waals surface area contributed by atoms with E-state index in [-0.39, 0.29) is 30.8 Å². The van der Waals surface area contributed by atoms with Crippen molar-refractivity contribution in [1.29, 1.82) is 0 Å². The Labute approximate surface area is 323 Å². The van der Waals surface area contributed by atoms with E-state index in [1.807, 2.05) is 98.7 Å². The van der Waals surface area contributed by atoms with Gasteiger partial charge in [0.25, 0.3) is 0 Å². The Morgan fingerprint density at radius 2 is 1.04 bits per heavy atom. The number of carbonyl (C=O) groups is 3. The van der Waals surface area contributed by atoms with Crippen molar-refractivity contribution in [1.82, 2.24) is 10.1 Å². The molecule has 2 atom stereocenters. The van der Waals surface area contributed by atoms with Crippen LogP contribution in [0.4, 0.5) is 0 Å². The lowest BCUT2D eigenvalue weighted by atomic mass is 9.97. The van der Waals surface area contributed by atoms with Gasteiger partial charge in [-0.2, -0.15) is 10.1 Å². The molecule has 0 spiro atoms. The summed E-state index contributed by atoms with van der Waals surface area (Å²) in [7, 11) is 0. The first-order valence-electron chi connectivity index (χ1n) is 17.8. The summed E-state index contributed by atoms with van der Waals surface area (Å²) >= 11 is 0. The molecule has 15 nitrogen and oxygen atoms in total. The number of oxime groups is 1. The number of hydrogen-bond donors (Lipinski definition) is 7. The number of carbonyl (C=O) groups excluding carboxylic acids is 1. The molecule has 304 valence electrons. The van der Waals surface area contributed by atoms with Crippen molar-refractivity contribution in [3.05, 3.63) is 94.1 Å². The number of aliphatic carboxylic acids is 2. The summed E-state index contributed by atoms with van der Waals surface area (Å²) in [6, 6.07) is 12.4. The second-order valence-electron chi connectivity index (χ2n) is 15.9. The first-order chi connectivity index (χ1) is 25.3. The fourth-order valence-corrected chi connectivity index (χ4v) is 6.26. The summed E-state index contributed by atoms with van der Waals surface area (Å²) in [6.07, 6.45) is 4.53. The zero-order valence-electron chi connectivity index (χ0n) is 33.7. The molecule has 4 rings (SSSR count). The molecule has 2 aliphatic rings. The first kappa shape index (κ1) is 46.8. The molecule has 55 heavy (non-hydrogen) atoms. The summed E-state index contributed by atoms with van der Waals surface area (Å²) in [4.78, 5) is 42.4. The fourth-order valence-electron chi connectivity index (χ4n) is 6.26. The third kappa shape index (κ3) is 12.6. The predicted molar refractivity (Wildman–Crippen MR) is 210 cm³/mol. The second kappa shape index (κ2) is 19.0. The van der Waals surface area contributed by atoms with E-state index in [2.05, 4.69) is 9.99 Å². The molecule has 2 heterocycles. The minimum atomic E-state index is -1.02. The molecule has 0 fully saturated rings. The predicted octanol–water partition coefficient (Wildman–Crippen LogP) is 4.48.